The number of ether oxygens (including phenoxy) is 1. The molecule has 0 bridgehead atoms. The van der Waals surface area contributed by atoms with Gasteiger partial charge < -0.3 is 15.4 Å². The van der Waals surface area contributed by atoms with Crippen LogP contribution in [0, 0.1) is 5.92 Å². The van der Waals surface area contributed by atoms with Crippen LogP contribution in [-0.2, 0) is 16.1 Å². The van der Waals surface area contributed by atoms with Crippen LogP contribution in [0.3, 0.4) is 0 Å². The topological polar surface area (TPSA) is 165 Å². The molecule has 0 aliphatic rings. The molecule has 0 atom stereocenters. The third-order valence-corrected chi connectivity index (χ3v) is 6.23. The van der Waals surface area contributed by atoms with Crippen LogP contribution in [0.1, 0.15) is 40.5 Å². The van der Waals surface area contributed by atoms with Crippen LogP contribution in [0.4, 0.5) is 21.4 Å². The number of thioether (sulfide) groups is 1. The number of carbonyl (C=O) groups is 2. The second kappa shape index (κ2) is 12.4. The molecule has 2 rings (SSSR count). The molecule has 0 aliphatic heterocycles. The van der Waals surface area contributed by atoms with Gasteiger partial charge in [0.15, 0.2) is 10.0 Å². The first-order valence-corrected chi connectivity index (χ1v) is 12.3. The van der Waals surface area contributed by atoms with E-state index in [1.165, 1.54) is 9.47 Å². The first-order valence-electron chi connectivity index (χ1n) is 10.5. The maximum Gasteiger partial charge on any atom is 0.413 e. The van der Waals surface area contributed by atoms with E-state index in [9.17, 15) is 19.2 Å². The minimum absolute atomic E-state index is 0.0313. The summed E-state index contributed by atoms with van der Waals surface area (Å²) in [5.41, 5.74) is 4.85. The van der Waals surface area contributed by atoms with Crippen molar-refractivity contribution in [2.45, 2.75) is 51.4 Å². The zero-order valence-electron chi connectivity index (χ0n) is 19.0. The number of nitrogens with one attached hydrogen (secondary N) is 2. The Morgan fingerprint density at radius 3 is 2.67 bits per heavy atom. The second-order valence-electron chi connectivity index (χ2n) is 7.40. The summed E-state index contributed by atoms with van der Waals surface area (Å²) in [4.78, 5) is 53.0. The third kappa shape index (κ3) is 7.32. The minimum atomic E-state index is -0.705. The standard InChI is InChI=1S/C19H29N7O5S2/c1-5-7-8-25(13-14(20)26(9-11(3)4)17(29)21-15(13)28)12(27)10-32-19-24-23-16(33-19)22-18(30)31-6-2/h11H,5-10,20H2,1-4H3,(H,21,28,29)(H,22,23,30). The molecule has 2 amide bonds. The van der Waals surface area contributed by atoms with E-state index in [1.54, 1.807) is 6.92 Å². The van der Waals surface area contributed by atoms with Crippen LogP contribution >= 0.6 is 23.1 Å². The van der Waals surface area contributed by atoms with E-state index in [1.807, 2.05) is 20.8 Å². The normalized spacial score (nSPS) is 10.9. The smallest absolute Gasteiger partial charge is 0.413 e. The summed E-state index contributed by atoms with van der Waals surface area (Å²) in [6.07, 6.45) is 0.795. The number of nitrogens with zero attached hydrogens (tertiary/aromatic N) is 4. The molecular formula is C19H29N7O5S2. The van der Waals surface area contributed by atoms with Crippen LogP contribution in [0.2, 0.25) is 0 Å². The van der Waals surface area contributed by atoms with Crippen molar-refractivity contribution in [2.75, 3.05) is 34.9 Å². The number of hydrogen-bond acceptors (Lipinski definition) is 10. The van der Waals surface area contributed by atoms with E-state index in [0.29, 0.717) is 17.3 Å². The Morgan fingerprint density at radius 1 is 1.30 bits per heavy atom. The Kier molecular flexibility index (Phi) is 9.91. The van der Waals surface area contributed by atoms with Crippen molar-refractivity contribution in [3.8, 4) is 0 Å². The van der Waals surface area contributed by atoms with Gasteiger partial charge in [-0.1, -0.05) is 50.3 Å². The van der Waals surface area contributed by atoms with E-state index in [2.05, 4.69) is 20.5 Å². The summed E-state index contributed by atoms with van der Waals surface area (Å²) in [6.45, 7) is 8.28. The molecular weight excluding hydrogens is 470 g/mol. The minimum Gasteiger partial charge on any atom is -0.450 e. The lowest BCUT2D eigenvalue weighted by Gasteiger charge is -2.24. The molecule has 4 N–H and O–H groups in total. The van der Waals surface area contributed by atoms with Crippen molar-refractivity contribution >= 4 is 51.7 Å². The molecule has 14 heteroatoms. The van der Waals surface area contributed by atoms with Gasteiger partial charge in [0.2, 0.25) is 11.0 Å². The Labute approximate surface area is 198 Å². The highest BCUT2D eigenvalue weighted by Gasteiger charge is 2.24. The highest BCUT2D eigenvalue weighted by molar-refractivity contribution is 8.01. The van der Waals surface area contributed by atoms with E-state index >= 15 is 0 Å². The van der Waals surface area contributed by atoms with Gasteiger partial charge in [0.25, 0.3) is 5.56 Å². The number of H-pyrrole nitrogens is 1. The molecule has 0 aromatic carbocycles. The fourth-order valence-corrected chi connectivity index (χ4v) is 4.45. The Hall–Kier alpha value is -2.87. The van der Waals surface area contributed by atoms with Crippen molar-refractivity contribution in [3.63, 3.8) is 0 Å². The van der Waals surface area contributed by atoms with Gasteiger partial charge in [-0.15, -0.1) is 10.2 Å². The van der Waals surface area contributed by atoms with E-state index < -0.39 is 17.3 Å². The van der Waals surface area contributed by atoms with E-state index in [0.717, 1.165) is 29.5 Å². The maximum absolute atomic E-state index is 13.1. The molecule has 0 saturated heterocycles. The number of aromatic amines is 1. The highest BCUT2D eigenvalue weighted by atomic mass is 32.2. The van der Waals surface area contributed by atoms with Gasteiger partial charge in [-0.3, -0.25) is 24.5 Å². The Bertz CT molecular complexity index is 1080. The SMILES string of the molecule is CCCCN(C(=O)CSc1nnc(NC(=O)OCC)s1)c1c(N)n(CC(C)C)c(=O)[nH]c1=O. The van der Waals surface area contributed by atoms with Gasteiger partial charge in [0, 0.05) is 13.1 Å². The molecule has 0 radical (unpaired) electrons. The fourth-order valence-electron chi connectivity index (χ4n) is 2.84. The second-order valence-corrected chi connectivity index (χ2v) is 9.60. The average molecular weight is 500 g/mol. The average Bonchev–Trinajstić information content (AvgIpc) is 3.18. The number of unbranched alkanes of at least 4 members (excludes halogenated alkanes) is 1. The molecule has 2 aromatic rings. The summed E-state index contributed by atoms with van der Waals surface area (Å²) in [5, 5.41) is 10.5. The Balaban J connectivity index is 2.23. The zero-order chi connectivity index (χ0) is 24.5. The Morgan fingerprint density at radius 2 is 2.03 bits per heavy atom. The van der Waals surface area contributed by atoms with Crippen molar-refractivity contribution in [3.05, 3.63) is 20.8 Å². The van der Waals surface area contributed by atoms with Gasteiger partial charge in [-0.2, -0.15) is 0 Å². The number of hydrogen-bond donors (Lipinski definition) is 3. The molecule has 0 unspecified atom stereocenters. The van der Waals surface area contributed by atoms with Gasteiger partial charge in [-0.05, 0) is 19.3 Å². The lowest BCUT2D eigenvalue weighted by molar-refractivity contribution is -0.116. The number of rotatable bonds is 11. The highest BCUT2D eigenvalue weighted by Crippen LogP contribution is 2.27. The molecule has 0 aliphatic carbocycles. The van der Waals surface area contributed by atoms with E-state index in [4.69, 9.17) is 10.5 Å². The number of aromatic nitrogens is 4. The molecule has 12 nitrogen and oxygen atoms in total. The number of nitrogen functional groups attached to an aromatic ring is 1. The summed E-state index contributed by atoms with van der Waals surface area (Å²) >= 11 is 2.21. The largest absolute Gasteiger partial charge is 0.450 e. The van der Waals surface area contributed by atoms with Crippen LogP contribution in [0.25, 0.3) is 0 Å². The quantitative estimate of drug-likeness (QED) is 0.310. The summed E-state index contributed by atoms with van der Waals surface area (Å²) < 4.78 is 6.52. The summed E-state index contributed by atoms with van der Waals surface area (Å²) in [5.74, 6) is -0.340. The lowest BCUT2D eigenvalue weighted by Crippen LogP contribution is -2.42. The van der Waals surface area contributed by atoms with E-state index in [-0.39, 0.29) is 47.4 Å². The predicted octanol–water partition coefficient (Wildman–Crippen LogP) is 2.12. The first-order chi connectivity index (χ1) is 15.7. The number of anilines is 3. The van der Waals surface area contributed by atoms with Crippen LogP contribution in [0.5, 0.6) is 0 Å². The molecule has 182 valence electrons. The summed E-state index contributed by atoms with van der Waals surface area (Å²) in [7, 11) is 0. The first kappa shape index (κ1) is 26.4. The van der Waals surface area contributed by atoms with Crippen LogP contribution < -0.4 is 27.2 Å². The van der Waals surface area contributed by atoms with Gasteiger partial charge in [-0.25, -0.2) is 9.59 Å². The fraction of sp³-hybridized carbons (Fsp3) is 0.579. The number of carbonyl (C=O) groups excluding carboxylic acids is 2. The van der Waals surface area contributed by atoms with Crippen molar-refractivity contribution in [1.82, 2.24) is 19.7 Å². The molecule has 0 fully saturated rings. The van der Waals surface area contributed by atoms with Gasteiger partial charge >= 0.3 is 11.8 Å². The van der Waals surface area contributed by atoms with Crippen molar-refractivity contribution in [1.29, 1.82) is 0 Å². The number of nitrogens with two attached hydrogens (primary N) is 1. The van der Waals surface area contributed by atoms with Gasteiger partial charge in [0.05, 0.1) is 12.4 Å². The van der Waals surface area contributed by atoms with Crippen LogP contribution in [0.15, 0.2) is 13.9 Å². The number of amides is 2. The molecule has 33 heavy (non-hydrogen) atoms. The third-order valence-electron chi connectivity index (χ3n) is 4.28. The van der Waals surface area contributed by atoms with Crippen LogP contribution in [-0.4, -0.2) is 50.7 Å². The van der Waals surface area contributed by atoms with Crippen molar-refractivity contribution < 1.29 is 14.3 Å². The molecule has 2 heterocycles. The monoisotopic (exact) mass is 499 g/mol. The molecule has 0 saturated carbocycles. The predicted molar refractivity (Wildman–Crippen MR) is 129 cm³/mol. The zero-order valence-corrected chi connectivity index (χ0v) is 20.7. The molecule has 0 spiro atoms. The lowest BCUT2D eigenvalue weighted by atomic mass is 10.2. The van der Waals surface area contributed by atoms with Crippen molar-refractivity contribution in [2.24, 2.45) is 5.92 Å². The summed E-state index contributed by atoms with van der Waals surface area (Å²) in [6, 6.07) is 0. The van der Waals surface area contributed by atoms with Gasteiger partial charge in [0.1, 0.15) is 5.82 Å². The molecule has 2 aromatic heterocycles. The maximum atomic E-state index is 13.1.